The molecular formula is C17H15BrCl2N2O2. The average Bonchev–Trinajstić information content (AvgIpc) is 2.54. The lowest BCUT2D eigenvalue weighted by atomic mass is 10.1. The predicted octanol–water partition coefficient (Wildman–Crippen LogP) is 5.06. The van der Waals surface area contributed by atoms with Crippen molar-refractivity contribution < 1.29 is 9.53 Å². The van der Waals surface area contributed by atoms with E-state index >= 15 is 0 Å². The van der Waals surface area contributed by atoms with Crippen molar-refractivity contribution in [1.29, 1.82) is 0 Å². The van der Waals surface area contributed by atoms with Crippen LogP contribution in [0.5, 0.6) is 5.75 Å². The summed E-state index contributed by atoms with van der Waals surface area (Å²) in [5, 5.41) is 4.94. The zero-order valence-electron chi connectivity index (χ0n) is 13.0. The molecule has 4 nitrogen and oxygen atoms in total. The summed E-state index contributed by atoms with van der Waals surface area (Å²) >= 11 is 15.3. The molecule has 1 amide bonds. The van der Waals surface area contributed by atoms with Crippen LogP contribution in [0, 0.1) is 0 Å². The maximum absolute atomic E-state index is 12.1. The van der Waals surface area contributed by atoms with Gasteiger partial charge in [0.05, 0.1) is 10.7 Å². The molecule has 0 spiro atoms. The quantitative estimate of drug-likeness (QED) is 0.533. The maximum Gasteiger partial charge on any atom is 0.280 e. The Bertz CT molecular complexity index is 781. The van der Waals surface area contributed by atoms with Gasteiger partial charge in [0, 0.05) is 9.50 Å². The van der Waals surface area contributed by atoms with Crippen LogP contribution >= 0.6 is 39.1 Å². The van der Waals surface area contributed by atoms with Gasteiger partial charge in [-0.25, -0.2) is 5.43 Å². The second-order valence-corrected chi connectivity index (χ2v) is 6.78. The molecule has 0 radical (unpaired) electrons. The molecule has 0 aliphatic rings. The number of rotatable bonds is 5. The predicted molar refractivity (Wildman–Crippen MR) is 101 cm³/mol. The van der Waals surface area contributed by atoms with E-state index in [1.807, 2.05) is 31.2 Å². The van der Waals surface area contributed by atoms with Crippen LogP contribution in [0.25, 0.3) is 0 Å². The number of carbonyl (C=O) groups is 1. The first-order valence-corrected chi connectivity index (χ1v) is 8.63. The molecule has 126 valence electrons. The SMILES string of the molecule is CC(=NNC(=O)C(C)Oc1ccc(Cl)cc1Cl)c1cccc(Br)c1. The zero-order chi connectivity index (χ0) is 17.7. The van der Waals surface area contributed by atoms with E-state index in [9.17, 15) is 4.79 Å². The van der Waals surface area contributed by atoms with Gasteiger partial charge in [-0.3, -0.25) is 4.79 Å². The van der Waals surface area contributed by atoms with E-state index < -0.39 is 6.10 Å². The molecule has 0 saturated carbocycles. The Morgan fingerprint density at radius 2 is 2.00 bits per heavy atom. The van der Waals surface area contributed by atoms with Gasteiger partial charge in [-0.2, -0.15) is 5.10 Å². The van der Waals surface area contributed by atoms with Crippen LogP contribution < -0.4 is 10.2 Å². The number of nitrogens with one attached hydrogen (secondary N) is 1. The summed E-state index contributed by atoms with van der Waals surface area (Å²) in [4.78, 5) is 12.1. The lowest BCUT2D eigenvalue weighted by Gasteiger charge is -2.14. The Morgan fingerprint density at radius 1 is 1.25 bits per heavy atom. The number of carbonyl (C=O) groups excluding carboxylic acids is 1. The van der Waals surface area contributed by atoms with E-state index in [4.69, 9.17) is 27.9 Å². The molecular weight excluding hydrogens is 415 g/mol. The van der Waals surface area contributed by atoms with Gasteiger partial charge in [0.25, 0.3) is 5.91 Å². The van der Waals surface area contributed by atoms with Gasteiger partial charge >= 0.3 is 0 Å². The second-order valence-electron chi connectivity index (χ2n) is 5.02. The molecule has 0 heterocycles. The van der Waals surface area contributed by atoms with Gasteiger partial charge in [0.2, 0.25) is 0 Å². The lowest BCUT2D eigenvalue weighted by Crippen LogP contribution is -2.34. The number of benzene rings is 2. The monoisotopic (exact) mass is 428 g/mol. The Labute approximate surface area is 158 Å². The second kappa shape index (κ2) is 8.51. The summed E-state index contributed by atoms with van der Waals surface area (Å²) in [5.74, 6) is 0.00627. The molecule has 2 rings (SSSR count). The van der Waals surface area contributed by atoms with Crippen LogP contribution in [0.4, 0.5) is 0 Å². The number of hydrogen-bond donors (Lipinski definition) is 1. The number of ether oxygens (including phenoxy) is 1. The number of nitrogens with zero attached hydrogens (tertiary/aromatic N) is 1. The molecule has 1 unspecified atom stereocenters. The zero-order valence-corrected chi connectivity index (χ0v) is 16.1. The molecule has 2 aromatic carbocycles. The number of hydrazone groups is 1. The third kappa shape index (κ3) is 5.23. The van der Waals surface area contributed by atoms with E-state index in [0.717, 1.165) is 10.0 Å². The minimum absolute atomic E-state index is 0.343. The molecule has 1 atom stereocenters. The Morgan fingerprint density at radius 3 is 2.67 bits per heavy atom. The fourth-order valence-corrected chi connectivity index (χ4v) is 2.67. The first-order valence-electron chi connectivity index (χ1n) is 7.08. The van der Waals surface area contributed by atoms with Gasteiger partial charge in [0.1, 0.15) is 5.75 Å². The van der Waals surface area contributed by atoms with Crippen molar-refractivity contribution >= 4 is 50.8 Å². The Kier molecular flexibility index (Phi) is 6.66. The topological polar surface area (TPSA) is 50.7 Å². The van der Waals surface area contributed by atoms with E-state index in [1.165, 1.54) is 0 Å². The molecule has 0 aliphatic heterocycles. The van der Waals surface area contributed by atoms with Gasteiger partial charge in [0.15, 0.2) is 6.10 Å². The molecule has 0 aromatic heterocycles. The van der Waals surface area contributed by atoms with Crippen LogP contribution in [-0.4, -0.2) is 17.7 Å². The van der Waals surface area contributed by atoms with Crippen molar-refractivity contribution in [2.24, 2.45) is 5.10 Å². The molecule has 0 saturated heterocycles. The van der Waals surface area contributed by atoms with Gasteiger partial charge in [-0.05, 0) is 49.7 Å². The first-order chi connectivity index (χ1) is 11.4. The molecule has 7 heteroatoms. The van der Waals surface area contributed by atoms with Gasteiger partial charge in [-0.1, -0.05) is 51.3 Å². The standard InChI is InChI=1S/C17H15BrCl2N2O2/c1-10(12-4-3-5-13(18)8-12)21-22-17(23)11(2)24-16-7-6-14(19)9-15(16)20/h3-9,11H,1-2H3,(H,22,23). The fraction of sp³-hybridized carbons (Fsp3) is 0.176. The van der Waals surface area contributed by atoms with Crippen molar-refractivity contribution in [1.82, 2.24) is 5.43 Å². The van der Waals surface area contributed by atoms with Crippen LogP contribution in [0.3, 0.4) is 0 Å². The van der Waals surface area contributed by atoms with Crippen LogP contribution in [0.2, 0.25) is 10.0 Å². The molecule has 24 heavy (non-hydrogen) atoms. The number of amides is 1. The van der Waals surface area contributed by atoms with Gasteiger partial charge in [-0.15, -0.1) is 0 Å². The smallest absolute Gasteiger partial charge is 0.280 e. The fourth-order valence-electron chi connectivity index (χ4n) is 1.82. The van der Waals surface area contributed by atoms with Crippen molar-refractivity contribution in [3.05, 3.63) is 62.5 Å². The summed E-state index contributed by atoms with van der Waals surface area (Å²) < 4.78 is 6.48. The summed E-state index contributed by atoms with van der Waals surface area (Å²) in [5.41, 5.74) is 4.07. The van der Waals surface area contributed by atoms with E-state index in [2.05, 4.69) is 26.5 Å². The molecule has 2 aromatic rings. The lowest BCUT2D eigenvalue weighted by molar-refractivity contribution is -0.127. The Balaban J connectivity index is 1.99. The van der Waals surface area contributed by atoms with Crippen LogP contribution in [-0.2, 0) is 4.79 Å². The third-order valence-electron chi connectivity index (χ3n) is 3.14. The summed E-state index contributed by atoms with van der Waals surface area (Å²) in [7, 11) is 0. The molecule has 0 bridgehead atoms. The van der Waals surface area contributed by atoms with Crippen LogP contribution in [0.15, 0.2) is 52.0 Å². The molecule has 1 N–H and O–H groups in total. The van der Waals surface area contributed by atoms with Crippen molar-refractivity contribution in [3.63, 3.8) is 0 Å². The third-order valence-corrected chi connectivity index (χ3v) is 4.17. The summed E-state index contributed by atoms with van der Waals surface area (Å²) in [6, 6.07) is 12.4. The van der Waals surface area contributed by atoms with Crippen molar-refractivity contribution in [2.45, 2.75) is 20.0 Å². The minimum atomic E-state index is -0.761. The highest BCUT2D eigenvalue weighted by Gasteiger charge is 2.16. The van der Waals surface area contributed by atoms with Gasteiger partial charge < -0.3 is 4.74 Å². The van der Waals surface area contributed by atoms with E-state index in [-0.39, 0.29) is 5.91 Å². The number of halogens is 3. The van der Waals surface area contributed by atoms with Crippen molar-refractivity contribution in [2.75, 3.05) is 0 Å². The highest BCUT2D eigenvalue weighted by Crippen LogP contribution is 2.28. The largest absolute Gasteiger partial charge is 0.479 e. The van der Waals surface area contributed by atoms with Crippen LogP contribution in [0.1, 0.15) is 19.4 Å². The average molecular weight is 430 g/mol. The minimum Gasteiger partial charge on any atom is -0.479 e. The maximum atomic E-state index is 12.1. The molecule has 0 aliphatic carbocycles. The molecule has 0 fully saturated rings. The highest BCUT2D eigenvalue weighted by atomic mass is 79.9. The van der Waals surface area contributed by atoms with Crippen molar-refractivity contribution in [3.8, 4) is 5.75 Å². The first kappa shape index (κ1) is 18.8. The van der Waals surface area contributed by atoms with E-state index in [0.29, 0.717) is 21.5 Å². The van der Waals surface area contributed by atoms with E-state index in [1.54, 1.807) is 25.1 Å². The number of hydrogen-bond acceptors (Lipinski definition) is 3. The Hall–Kier alpha value is -1.56. The highest BCUT2D eigenvalue weighted by molar-refractivity contribution is 9.10. The summed E-state index contributed by atoms with van der Waals surface area (Å²) in [6.45, 7) is 3.42. The normalized spacial score (nSPS) is 12.6. The summed E-state index contributed by atoms with van der Waals surface area (Å²) in [6.07, 6.45) is -0.761.